The largest absolute Gasteiger partial charge is 0.452 e. The van der Waals surface area contributed by atoms with E-state index in [4.69, 9.17) is 0 Å². The molecule has 0 aromatic carbocycles. The Morgan fingerprint density at radius 3 is 1.67 bits per heavy atom. The minimum absolute atomic E-state index is 0.234. The molecule has 0 amide bonds. The lowest BCUT2D eigenvalue weighted by atomic mass is 10.8. The molecule has 0 heterocycles. The summed E-state index contributed by atoms with van der Waals surface area (Å²) in [5.41, 5.74) is 0. The molecule has 0 aliphatic carbocycles. The standard InChI is InChI=1S/C6H10O5S/c1-5(7)10-3-12(9)4-11-6(2)8/h3-4H2,1-2H3. The molecule has 0 aliphatic heterocycles. The lowest BCUT2D eigenvalue weighted by molar-refractivity contribution is -0.138. The van der Waals surface area contributed by atoms with Crippen molar-refractivity contribution >= 4 is 22.7 Å². The van der Waals surface area contributed by atoms with Crippen LogP contribution in [0.25, 0.3) is 0 Å². The first kappa shape index (κ1) is 11.1. The van der Waals surface area contributed by atoms with Crippen LogP contribution in [0, 0.1) is 0 Å². The van der Waals surface area contributed by atoms with Gasteiger partial charge < -0.3 is 9.47 Å². The van der Waals surface area contributed by atoms with Gasteiger partial charge in [0.25, 0.3) is 0 Å². The van der Waals surface area contributed by atoms with Crippen molar-refractivity contribution in [2.45, 2.75) is 13.8 Å². The average molecular weight is 194 g/mol. The molecule has 5 nitrogen and oxygen atoms in total. The van der Waals surface area contributed by atoms with E-state index in [2.05, 4.69) is 9.47 Å². The van der Waals surface area contributed by atoms with Gasteiger partial charge in [0.2, 0.25) is 0 Å². The highest BCUT2D eigenvalue weighted by atomic mass is 32.2. The van der Waals surface area contributed by atoms with Gasteiger partial charge in [0.15, 0.2) is 11.9 Å². The Labute approximate surface area is 72.5 Å². The van der Waals surface area contributed by atoms with E-state index in [9.17, 15) is 13.8 Å². The van der Waals surface area contributed by atoms with Crippen molar-refractivity contribution in [1.82, 2.24) is 0 Å². The highest BCUT2D eigenvalue weighted by Gasteiger charge is 2.03. The van der Waals surface area contributed by atoms with E-state index in [0.29, 0.717) is 0 Å². The smallest absolute Gasteiger partial charge is 0.303 e. The van der Waals surface area contributed by atoms with E-state index >= 15 is 0 Å². The van der Waals surface area contributed by atoms with Crippen LogP contribution in [0.5, 0.6) is 0 Å². The fraction of sp³-hybridized carbons (Fsp3) is 0.667. The fourth-order valence-electron chi connectivity index (χ4n) is 0.331. The van der Waals surface area contributed by atoms with Gasteiger partial charge in [-0.1, -0.05) is 0 Å². The van der Waals surface area contributed by atoms with Crippen LogP contribution in [0.2, 0.25) is 0 Å². The lowest BCUT2D eigenvalue weighted by Crippen LogP contribution is -2.13. The molecule has 0 aromatic heterocycles. The SMILES string of the molecule is CC(=O)OCS(=O)COC(C)=O. The molecule has 0 atom stereocenters. The second kappa shape index (κ2) is 5.70. The minimum atomic E-state index is -1.45. The van der Waals surface area contributed by atoms with Crippen molar-refractivity contribution in [3.05, 3.63) is 0 Å². The Morgan fingerprint density at radius 1 is 1.08 bits per heavy atom. The van der Waals surface area contributed by atoms with Gasteiger partial charge in [0.05, 0.1) is 10.8 Å². The van der Waals surface area contributed by atoms with E-state index < -0.39 is 22.7 Å². The van der Waals surface area contributed by atoms with E-state index in [0.717, 1.165) is 0 Å². The van der Waals surface area contributed by atoms with Gasteiger partial charge in [-0.15, -0.1) is 0 Å². The van der Waals surface area contributed by atoms with Crippen molar-refractivity contribution in [2.75, 3.05) is 11.9 Å². The van der Waals surface area contributed by atoms with E-state index in [1.807, 2.05) is 0 Å². The molecule has 0 bridgehead atoms. The number of hydrogen-bond donors (Lipinski definition) is 0. The number of carbonyl (C=O) groups excluding carboxylic acids is 2. The van der Waals surface area contributed by atoms with Gasteiger partial charge in [-0.2, -0.15) is 0 Å². The van der Waals surface area contributed by atoms with Crippen LogP contribution in [-0.2, 0) is 29.9 Å². The first-order valence-electron chi connectivity index (χ1n) is 3.14. The molecule has 0 spiro atoms. The quantitative estimate of drug-likeness (QED) is 0.578. The van der Waals surface area contributed by atoms with Crippen molar-refractivity contribution in [1.29, 1.82) is 0 Å². The summed E-state index contributed by atoms with van der Waals surface area (Å²) in [5.74, 6) is -1.48. The first-order chi connectivity index (χ1) is 5.52. The first-order valence-corrected chi connectivity index (χ1v) is 4.63. The van der Waals surface area contributed by atoms with Crippen LogP contribution in [0.15, 0.2) is 0 Å². The summed E-state index contributed by atoms with van der Waals surface area (Å²) in [6.07, 6.45) is 0. The molecule has 6 heteroatoms. The zero-order valence-electron chi connectivity index (χ0n) is 6.86. The van der Waals surface area contributed by atoms with Crippen molar-refractivity contribution in [3.63, 3.8) is 0 Å². The Morgan fingerprint density at radius 2 is 1.42 bits per heavy atom. The predicted molar refractivity (Wildman–Crippen MR) is 41.4 cm³/mol. The van der Waals surface area contributed by atoms with Crippen molar-refractivity contribution < 1.29 is 23.3 Å². The Bertz CT molecular complexity index is 180. The maximum Gasteiger partial charge on any atom is 0.303 e. The summed E-state index contributed by atoms with van der Waals surface area (Å²) in [6, 6.07) is 0. The van der Waals surface area contributed by atoms with Crippen LogP contribution in [-0.4, -0.2) is 28.0 Å². The van der Waals surface area contributed by atoms with Crippen molar-refractivity contribution in [3.8, 4) is 0 Å². The summed E-state index contributed by atoms with van der Waals surface area (Å²) in [4.78, 5) is 20.4. The second-order valence-corrected chi connectivity index (χ2v) is 3.30. The molecular weight excluding hydrogens is 184 g/mol. The number of hydrogen-bond acceptors (Lipinski definition) is 5. The van der Waals surface area contributed by atoms with Gasteiger partial charge in [-0.25, -0.2) is 0 Å². The molecule has 12 heavy (non-hydrogen) atoms. The number of esters is 2. The molecule has 0 rings (SSSR count). The zero-order chi connectivity index (χ0) is 9.56. The number of rotatable bonds is 4. The summed E-state index contributed by atoms with van der Waals surface area (Å²) < 4.78 is 19.6. The van der Waals surface area contributed by atoms with Gasteiger partial charge in [0.1, 0.15) is 0 Å². The van der Waals surface area contributed by atoms with Crippen LogP contribution in [0.1, 0.15) is 13.8 Å². The molecule has 0 saturated carbocycles. The third-order valence-electron chi connectivity index (χ3n) is 0.787. The monoisotopic (exact) mass is 194 g/mol. The van der Waals surface area contributed by atoms with Crippen LogP contribution in [0.3, 0.4) is 0 Å². The van der Waals surface area contributed by atoms with Crippen LogP contribution >= 0.6 is 0 Å². The predicted octanol–water partition coefficient (Wildman–Crippen LogP) is -0.224. The summed E-state index contributed by atoms with van der Waals surface area (Å²) in [5, 5.41) is 0. The zero-order valence-corrected chi connectivity index (χ0v) is 7.68. The third kappa shape index (κ3) is 7.20. The van der Waals surface area contributed by atoms with Crippen LogP contribution < -0.4 is 0 Å². The fourth-order valence-corrected chi connectivity index (χ4v) is 0.994. The third-order valence-corrected chi connectivity index (χ3v) is 1.55. The summed E-state index contributed by atoms with van der Waals surface area (Å²) in [6.45, 7) is 2.42. The van der Waals surface area contributed by atoms with Gasteiger partial charge in [0, 0.05) is 13.8 Å². The maximum absolute atomic E-state index is 10.8. The topological polar surface area (TPSA) is 69.7 Å². The molecule has 0 fully saturated rings. The van der Waals surface area contributed by atoms with E-state index in [1.54, 1.807) is 0 Å². The maximum atomic E-state index is 10.8. The second-order valence-electron chi connectivity index (χ2n) is 1.95. The average Bonchev–Trinajstić information content (AvgIpc) is 1.96. The molecule has 0 unspecified atom stereocenters. The van der Waals surface area contributed by atoms with Crippen LogP contribution in [0.4, 0.5) is 0 Å². The summed E-state index contributed by atoms with van der Waals surface area (Å²) >= 11 is 0. The molecule has 0 aromatic rings. The highest BCUT2D eigenvalue weighted by molar-refractivity contribution is 7.84. The number of ether oxygens (including phenoxy) is 2. The number of carbonyl (C=O) groups is 2. The highest BCUT2D eigenvalue weighted by Crippen LogP contribution is 1.87. The molecule has 0 aliphatic rings. The molecule has 0 radical (unpaired) electrons. The van der Waals surface area contributed by atoms with Gasteiger partial charge in [-0.3, -0.25) is 13.8 Å². The molecule has 0 N–H and O–H groups in total. The minimum Gasteiger partial charge on any atom is -0.452 e. The van der Waals surface area contributed by atoms with Gasteiger partial charge in [-0.05, 0) is 0 Å². The van der Waals surface area contributed by atoms with E-state index in [-0.39, 0.29) is 11.9 Å². The molecular formula is C6H10O5S. The lowest BCUT2D eigenvalue weighted by Gasteiger charge is -2.01. The summed E-state index contributed by atoms with van der Waals surface area (Å²) in [7, 11) is -1.45. The van der Waals surface area contributed by atoms with Gasteiger partial charge >= 0.3 is 11.9 Å². The Hall–Kier alpha value is -0.910. The Kier molecular flexibility index (Phi) is 5.27. The normalized spacial score (nSPS) is 9.58. The molecule has 70 valence electrons. The molecule has 0 saturated heterocycles. The Balaban J connectivity index is 3.47. The van der Waals surface area contributed by atoms with Crippen molar-refractivity contribution in [2.24, 2.45) is 0 Å². The van der Waals surface area contributed by atoms with E-state index in [1.165, 1.54) is 13.8 Å².